The first-order chi connectivity index (χ1) is 41.6. The lowest BCUT2D eigenvalue weighted by atomic mass is 9.82. The molecule has 390 valence electrons. The van der Waals surface area contributed by atoms with E-state index in [1.807, 2.05) is 0 Å². The van der Waals surface area contributed by atoms with E-state index in [9.17, 15) is 0 Å². The minimum Gasteiger partial charge on any atom is -0.310 e. The lowest BCUT2D eigenvalue weighted by molar-refractivity contribution is 1.30. The molecule has 17 aromatic rings. The van der Waals surface area contributed by atoms with Gasteiger partial charge in [0.15, 0.2) is 0 Å². The summed E-state index contributed by atoms with van der Waals surface area (Å²) < 4.78 is 0. The van der Waals surface area contributed by atoms with Crippen molar-refractivity contribution in [2.24, 2.45) is 0 Å². The van der Waals surface area contributed by atoms with Gasteiger partial charge in [0.1, 0.15) is 0 Å². The molecular weight excluding hydrogens is 1010 g/mol. The van der Waals surface area contributed by atoms with Crippen LogP contribution in [0.15, 0.2) is 315 Å². The van der Waals surface area contributed by atoms with E-state index in [0.29, 0.717) is 0 Å². The quantitative estimate of drug-likeness (QED) is 0.111. The third-order valence-corrected chi connectivity index (χ3v) is 17.7. The van der Waals surface area contributed by atoms with Gasteiger partial charge in [0.2, 0.25) is 0 Å². The van der Waals surface area contributed by atoms with Crippen LogP contribution in [0, 0.1) is 0 Å². The van der Waals surface area contributed by atoms with Gasteiger partial charge in [-0.3, -0.25) is 0 Å². The average molecular weight is 1070 g/mol. The maximum atomic E-state index is 2.50. The van der Waals surface area contributed by atoms with Crippen molar-refractivity contribution < 1.29 is 0 Å². The Morgan fingerprint density at radius 1 is 0.155 bits per heavy atom. The van der Waals surface area contributed by atoms with Crippen LogP contribution in [-0.4, -0.2) is 0 Å². The summed E-state index contributed by atoms with van der Waals surface area (Å²) in [5.41, 5.74) is 11.3. The number of hydrogen-bond acceptors (Lipinski definition) is 2. The fourth-order valence-corrected chi connectivity index (χ4v) is 13.8. The Morgan fingerprint density at radius 2 is 0.476 bits per heavy atom. The fourth-order valence-electron chi connectivity index (χ4n) is 13.8. The highest BCUT2D eigenvalue weighted by Crippen LogP contribution is 2.52. The maximum absolute atomic E-state index is 2.50. The molecule has 0 saturated carbocycles. The van der Waals surface area contributed by atoms with Crippen molar-refractivity contribution >= 4 is 142 Å². The molecule has 17 rings (SSSR count). The van der Waals surface area contributed by atoms with Crippen molar-refractivity contribution in [1.29, 1.82) is 0 Å². The first-order valence-corrected chi connectivity index (χ1v) is 29.0. The lowest BCUT2D eigenvalue weighted by Crippen LogP contribution is -2.11. The second-order valence-electron chi connectivity index (χ2n) is 22.4. The molecule has 0 N–H and O–H groups in total. The highest BCUT2D eigenvalue weighted by Gasteiger charge is 2.26. The Labute approximate surface area is 486 Å². The Hall–Kier alpha value is -11.1. The molecule has 17 aromatic carbocycles. The second-order valence-corrected chi connectivity index (χ2v) is 22.4. The summed E-state index contributed by atoms with van der Waals surface area (Å²) in [5.74, 6) is 0. The van der Waals surface area contributed by atoms with Crippen molar-refractivity contribution in [2.45, 2.75) is 0 Å². The molecule has 0 saturated heterocycles. The molecule has 84 heavy (non-hydrogen) atoms. The van der Waals surface area contributed by atoms with Gasteiger partial charge in [-0.05, 0) is 203 Å². The van der Waals surface area contributed by atoms with Gasteiger partial charge in [-0.2, -0.15) is 0 Å². The standard InChI is InChI=1S/C82H52N2/c1-4-22-57-46-62(39-36-53(57)18-1)83(63-40-37-54-19-2-5-23-58(54)47-63)65-42-44-74-78(51-65)81(76-49-60-25-8-10-28-67(60)70-31-13-15-33-72(70)76)75-45-43-66(52-79(75)82(74)77-50-61-26-9-11-29-68(61)71-32-14-16-34-73(71)77)84(64-41-38-55-20-3-6-24-59(55)48-64)80-35-17-27-56-21-7-12-30-69(56)80/h1-52H. The van der Waals surface area contributed by atoms with Gasteiger partial charge in [-0.25, -0.2) is 0 Å². The van der Waals surface area contributed by atoms with E-state index in [1.54, 1.807) is 0 Å². The molecule has 0 heterocycles. The first-order valence-electron chi connectivity index (χ1n) is 29.0. The van der Waals surface area contributed by atoms with Crippen LogP contribution in [0.25, 0.3) is 130 Å². The molecule has 0 fully saturated rings. The van der Waals surface area contributed by atoms with Crippen molar-refractivity contribution in [3.8, 4) is 22.3 Å². The van der Waals surface area contributed by atoms with E-state index in [1.165, 1.54) is 130 Å². The smallest absolute Gasteiger partial charge is 0.0540 e. The van der Waals surface area contributed by atoms with Gasteiger partial charge in [-0.15, -0.1) is 0 Å². The zero-order chi connectivity index (χ0) is 55.2. The summed E-state index contributed by atoms with van der Waals surface area (Å²) in [7, 11) is 0. The second kappa shape index (κ2) is 19.3. The molecule has 0 aliphatic carbocycles. The number of anilines is 6. The average Bonchev–Trinajstić information content (AvgIpc) is 1.07. The van der Waals surface area contributed by atoms with Crippen molar-refractivity contribution in [3.63, 3.8) is 0 Å². The minimum atomic E-state index is 1.07. The predicted molar refractivity (Wildman–Crippen MR) is 362 cm³/mol. The fraction of sp³-hybridized carbons (Fsp3) is 0. The maximum Gasteiger partial charge on any atom is 0.0540 e. The van der Waals surface area contributed by atoms with Gasteiger partial charge >= 0.3 is 0 Å². The van der Waals surface area contributed by atoms with Gasteiger partial charge in [0, 0.05) is 33.8 Å². The van der Waals surface area contributed by atoms with Crippen LogP contribution < -0.4 is 9.80 Å². The lowest BCUT2D eigenvalue weighted by Gasteiger charge is -2.29. The highest BCUT2D eigenvalue weighted by atomic mass is 15.1. The zero-order valence-corrected chi connectivity index (χ0v) is 45.9. The van der Waals surface area contributed by atoms with Crippen LogP contribution in [0.4, 0.5) is 34.1 Å². The van der Waals surface area contributed by atoms with Crippen molar-refractivity contribution in [1.82, 2.24) is 0 Å². The third kappa shape index (κ3) is 7.73. The summed E-state index contributed by atoms with van der Waals surface area (Å²) in [6.45, 7) is 0. The SMILES string of the molecule is c1ccc2cc(N(c3ccc4ccccc4c3)c3ccc4c(-c5cc6ccccc6c6ccccc56)c5cc(N(c6ccc7ccccc7c6)c6cccc7ccccc67)ccc5c(-c5cc6ccccc6c6ccccc56)c4c3)ccc2c1. The molecule has 0 aliphatic heterocycles. The van der Waals surface area contributed by atoms with E-state index in [4.69, 9.17) is 0 Å². The molecule has 2 nitrogen and oxygen atoms in total. The summed E-state index contributed by atoms with van der Waals surface area (Å²) >= 11 is 0. The van der Waals surface area contributed by atoms with Crippen LogP contribution in [0.5, 0.6) is 0 Å². The van der Waals surface area contributed by atoms with Crippen LogP contribution in [0.2, 0.25) is 0 Å². The Bertz CT molecular complexity index is 5460. The van der Waals surface area contributed by atoms with Crippen LogP contribution >= 0.6 is 0 Å². The Balaban J connectivity index is 1.04. The third-order valence-electron chi connectivity index (χ3n) is 17.7. The summed E-state index contributed by atoms with van der Waals surface area (Å²) in [6, 6.07) is 118. The van der Waals surface area contributed by atoms with E-state index in [2.05, 4.69) is 325 Å². The van der Waals surface area contributed by atoms with Gasteiger partial charge in [0.05, 0.1) is 5.69 Å². The number of nitrogens with zero attached hydrogens (tertiary/aromatic N) is 2. The van der Waals surface area contributed by atoms with Crippen LogP contribution in [0.1, 0.15) is 0 Å². The summed E-state index contributed by atoms with van der Waals surface area (Å²) in [5, 5.41) is 24.1. The van der Waals surface area contributed by atoms with Crippen molar-refractivity contribution in [3.05, 3.63) is 315 Å². The van der Waals surface area contributed by atoms with E-state index in [-0.39, 0.29) is 0 Å². The number of hydrogen-bond donors (Lipinski definition) is 0. The molecule has 0 unspecified atom stereocenters. The van der Waals surface area contributed by atoms with Crippen LogP contribution in [0.3, 0.4) is 0 Å². The monoisotopic (exact) mass is 1060 g/mol. The number of benzene rings is 17. The molecule has 0 atom stereocenters. The number of fused-ring (bicyclic) bond motifs is 12. The number of rotatable bonds is 8. The summed E-state index contributed by atoms with van der Waals surface area (Å²) in [6.07, 6.45) is 0. The van der Waals surface area contributed by atoms with E-state index >= 15 is 0 Å². The molecule has 0 aromatic heterocycles. The first kappa shape index (κ1) is 47.7. The predicted octanol–water partition coefficient (Wildman–Crippen LogP) is 23.5. The van der Waals surface area contributed by atoms with Crippen LogP contribution in [-0.2, 0) is 0 Å². The van der Waals surface area contributed by atoms with E-state index in [0.717, 1.165) is 34.1 Å². The minimum absolute atomic E-state index is 1.07. The molecule has 0 amide bonds. The van der Waals surface area contributed by atoms with E-state index < -0.39 is 0 Å². The molecule has 0 aliphatic rings. The van der Waals surface area contributed by atoms with Gasteiger partial charge < -0.3 is 9.80 Å². The molecule has 0 spiro atoms. The van der Waals surface area contributed by atoms with Crippen molar-refractivity contribution in [2.75, 3.05) is 9.80 Å². The Morgan fingerprint density at radius 3 is 0.940 bits per heavy atom. The topological polar surface area (TPSA) is 6.48 Å². The van der Waals surface area contributed by atoms with Gasteiger partial charge in [-0.1, -0.05) is 237 Å². The molecular formula is C82H52N2. The largest absolute Gasteiger partial charge is 0.310 e. The normalized spacial score (nSPS) is 11.8. The Kier molecular flexibility index (Phi) is 11.0. The molecule has 0 bridgehead atoms. The highest BCUT2D eigenvalue weighted by molar-refractivity contribution is 6.29. The van der Waals surface area contributed by atoms with Gasteiger partial charge in [0.25, 0.3) is 0 Å². The molecule has 0 radical (unpaired) electrons. The zero-order valence-electron chi connectivity index (χ0n) is 45.9. The molecule has 2 heteroatoms. The summed E-state index contributed by atoms with van der Waals surface area (Å²) in [4.78, 5) is 4.95.